The second-order valence-corrected chi connectivity index (χ2v) is 5.19. The zero-order valence-electron chi connectivity index (χ0n) is 11.9. The molecule has 0 aliphatic carbocycles. The van der Waals surface area contributed by atoms with Crippen LogP contribution in [0.3, 0.4) is 0 Å². The van der Waals surface area contributed by atoms with Crippen LogP contribution in [0.1, 0.15) is 31.2 Å². The standard InChI is InChI=1S/C13H15F2N5O2/c1-2-10-17-18-12(22-10)9-6-13(14,15)8-20(9)11(21)7-19-5-3-4-16-19/h3-5,9H,2,6-8H2,1H3/t9-/m0/s1. The molecule has 22 heavy (non-hydrogen) atoms. The number of carbonyl (C=O) groups is 1. The van der Waals surface area contributed by atoms with Crippen molar-refractivity contribution in [3.05, 3.63) is 30.2 Å². The molecule has 1 fully saturated rings. The molecule has 2 aromatic heterocycles. The van der Waals surface area contributed by atoms with Gasteiger partial charge in [0.15, 0.2) is 0 Å². The number of nitrogens with zero attached hydrogens (tertiary/aromatic N) is 5. The van der Waals surface area contributed by atoms with E-state index >= 15 is 0 Å². The third-order valence-electron chi connectivity index (χ3n) is 3.52. The topological polar surface area (TPSA) is 77.1 Å². The summed E-state index contributed by atoms with van der Waals surface area (Å²) in [6.45, 7) is 1.07. The zero-order valence-corrected chi connectivity index (χ0v) is 11.9. The molecule has 0 N–H and O–H groups in total. The van der Waals surface area contributed by atoms with Crippen LogP contribution in [-0.4, -0.2) is 43.3 Å². The van der Waals surface area contributed by atoms with Crippen molar-refractivity contribution in [3.63, 3.8) is 0 Å². The summed E-state index contributed by atoms with van der Waals surface area (Å²) in [6, 6.07) is 0.764. The lowest BCUT2D eigenvalue weighted by Gasteiger charge is -2.21. The van der Waals surface area contributed by atoms with Gasteiger partial charge < -0.3 is 9.32 Å². The summed E-state index contributed by atoms with van der Waals surface area (Å²) in [4.78, 5) is 13.4. The van der Waals surface area contributed by atoms with Crippen molar-refractivity contribution >= 4 is 5.91 Å². The molecule has 1 saturated heterocycles. The molecule has 0 radical (unpaired) electrons. The van der Waals surface area contributed by atoms with Crippen LogP contribution in [-0.2, 0) is 17.8 Å². The van der Waals surface area contributed by atoms with E-state index in [1.165, 1.54) is 10.9 Å². The highest BCUT2D eigenvalue weighted by atomic mass is 19.3. The molecule has 3 heterocycles. The molecule has 0 saturated carbocycles. The lowest BCUT2D eigenvalue weighted by atomic mass is 10.2. The van der Waals surface area contributed by atoms with Crippen molar-refractivity contribution in [2.24, 2.45) is 0 Å². The third kappa shape index (κ3) is 2.83. The van der Waals surface area contributed by atoms with E-state index in [-0.39, 0.29) is 12.4 Å². The first kappa shape index (κ1) is 14.6. The first-order valence-corrected chi connectivity index (χ1v) is 6.95. The van der Waals surface area contributed by atoms with Crippen molar-refractivity contribution in [1.29, 1.82) is 0 Å². The molecule has 9 heteroatoms. The molecule has 1 aliphatic heterocycles. The van der Waals surface area contributed by atoms with Gasteiger partial charge in [0.25, 0.3) is 5.92 Å². The third-order valence-corrected chi connectivity index (χ3v) is 3.52. The Bertz CT molecular complexity index is 655. The van der Waals surface area contributed by atoms with Gasteiger partial charge in [0.2, 0.25) is 17.7 Å². The fraction of sp³-hybridized carbons (Fsp3) is 0.538. The monoisotopic (exact) mass is 311 g/mol. The number of aryl methyl sites for hydroxylation is 1. The number of aromatic nitrogens is 4. The van der Waals surface area contributed by atoms with Gasteiger partial charge in [0.1, 0.15) is 12.6 Å². The van der Waals surface area contributed by atoms with Crippen LogP contribution in [0.2, 0.25) is 0 Å². The van der Waals surface area contributed by atoms with E-state index in [1.807, 2.05) is 6.92 Å². The van der Waals surface area contributed by atoms with E-state index in [0.717, 1.165) is 4.90 Å². The molecule has 0 unspecified atom stereocenters. The van der Waals surface area contributed by atoms with Gasteiger partial charge in [-0.3, -0.25) is 9.48 Å². The molecular formula is C13H15F2N5O2. The summed E-state index contributed by atoms with van der Waals surface area (Å²) in [5, 5.41) is 11.5. The second-order valence-electron chi connectivity index (χ2n) is 5.19. The molecular weight excluding hydrogens is 296 g/mol. The normalized spacial score (nSPS) is 20.5. The fourth-order valence-electron chi connectivity index (χ4n) is 2.47. The summed E-state index contributed by atoms with van der Waals surface area (Å²) < 4.78 is 34.2. The van der Waals surface area contributed by atoms with Crippen LogP contribution < -0.4 is 0 Å². The number of halogens is 2. The minimum Gasteiger partial charge on any atom is -0.423 e. The number of rotatable bonds is 4. The lowest BCUT2D eigenvalue weighted by molar-refractivity contribution is -0.134. The average Bonchev–Trinajstić information content (AvgIpc) is 3.17. The first-order chi connectivity index (χ1) is 10.5. The van der Waals surface area contributed by atoms with Crippen LogP contribution in [0, 0.1) is 0 Å². The minimum atomic E-state index is -2.97. The Morgan fingerprint density at radius 3 is 2.95 bits per heavy atom. The Labute approximate surface area is 124 Å². The Morgan fingerprint density at radius 1 is 1.50 bits per heavy atom. The number of hydrogen-bond donors (Lipinski definition) is 0. The molecule has 7 nitrogen and oxygen atoms in total. The first-order valence-electron chi connectivity index (χ1n) is 6.95. The SMILES string of the molecule is CCc1nnc([C@@H]2CC(F)(F)CN2C(=O)Cn2cccn2)o1. The van der Waals surface area contributed by atoms with Crippen molar-refractivity contribution in [3.8, 4) is 0 Å². The van der Waals surface area contributed by atoms with Crippen LogP contribution in [0.4, 0.5) is 8.78 Å². The van der Waals surface area contributed by atoms with Gasteiger partial charge in [-0.05, 0) is 6.07 Å². The maximum Gasteiger partial charge on any atom is 0.267 e. The highest BCUT2D eigenvalue weighted by Gasteiger charge is 2.49. The maximum atomic E-state index is 13.8. The predicted molar refractivity (Wildman–Crippen MR) is 69.9 cm³/mol. The van der Waals surface area contributed by atoms with Crippen LogP contribution in [0.15, 0.2) is 22.9 Å². The smallest absolute Gasteiger partial charge is 0.267 e. The highest BCUT2D eigenvalue weighted by Crippen LogP contribution is 2.40. The largest absolute Gasteiger partial charge is 0.423 e. The molecule has 118 valence electrons. The van der Waals surface area contributed by atoms with Gasteiger partial charge >= 0.3 is 0 Å². The summed E-state index contributed by atoms with van der Waals surface area (Å²) in [5.41, 5.74) is 0. The summed E-state index contributed by atoms with van der Waals surface area (Å²) in [5.74, 6) is -3.00. The Hall–Kier alpha value is -2.32. The van der Waals surface area contributed by atoms with E-state index in [4.69, 9.17) is 4.42 Å². The molecule has 0 bridgehead atoms. The zero-order chi connectivity index (χ0) is 15.7. The van der Waals surface area contributed by atoms with E-state index in [9.17, 15) is 13.6 Å². The fourth-order valence-corrected chi connectivity index (χ4v) is 2.47. The summed E-state index contributed by atoms with van der Waals surface area (Å²) >= 11 is 0. The Kier molecular flexibility index (Phi) is 3.63. The number of alkyl halides is 2. The van der Waals surface area contributed by atoms with E-state index in [1.54, 1.807) is 12.3 Å². The Morgan fingerprint density at radius 2 is 2.32 bits per heavy atom. The van der Waals surface area contributed by atoms with Gasteiger partial charge in [-0.1, -0.05) is 6.92 Å². The Balaban J connectivity index is 1.81. The number of amides is 1. The van der Waals surface area contributed by atoms with Crippen molar-refractivity contribution in [2.45, 2.75) is 38.3 Å². The number of carbonyl (C=O) groups excluding carboxylic acids is 1. The predicted octanol–water partition coefficient (Wildman–Crippen LogP) is 1.44. The minimum absolute atomic E-state index is 0.0582. The lowest BCUT2D eigenvalue weighted by Crippen LogP contribution is -2.35. The number of hydrogen-bond acceptors (Lipinski definition) is 5. The van der Waals surface area contributed by atoms with Crippen molar-refractivity contribution < 1.29 is 18.0 Å². The summed E-state index contributed by atoms with van der Waals surface area (Å²) in [6.07, 6.45) is 3.12. The van der Waals surface area contributed by atoms with Gasteiger partial charge in [0, 0.05) is 25.2 Å². The maximum absolute atomic E-state index is 13.8. The van der Waals surface area contributed by atoms with Crippen molar-refractivity contribution in [1.82, 2.24) is 24.9 Å². The van der Waals surface area contributed by atoms with Gasteiger partial charge in [-0.15, -0.1) is 10.2 Å². The van der Waals surface area contributed by atoms with Crippen LogP contribution in [0.5, 0.6) is 0 Å². The number of likely N-dealkylation sites (tertiary alicyclic amines) is 1. The molecule has 2 aromatic rings. The van der Waals surface area contributed by atoms with E-state index < -0.39 is 30.8 Å². The van der Waals surface area contributed by atoms with Crippen molar-refractivity contribution in [2.75, 3.05) is 6.54 Å². The van der Waals surface area contributed by atoms with Gasteiger partial charge in [-0.25, -0.2) is 8.78 Å². The highest BCUT2D eigenvalue weighted by molar-refractivity contribution is 5.76. The molecule has 1 amide bonds. The second kappa shape index (κ2) is 5.47. The van der Waals surface area contributed by atoms with E-state index in [0.29, 0.717) is 12.3 Å². The molecule has 0 spiro atoms. The average molecular weight is 311 g/mol. The van der Waals surface area contributed by atoms with E-state index in [2.05, 4.69) is 15.3 Å². The molecule has 0 aromatic carbocycles. The van der Waals surface area contributed by atoms with Gasteiger partial charge in [-0.2, -0.15) is 5.10 Å². The van der Waals surface area contributed by atoms with Gasteiger partial charge in [0.05, 0.1) is 6.54 Å². The van der Waals surface area contributed by atoms with Crippen LogP contribution in [0.25, 0.3) is 0 Å². The molecule has 1 aliphatic rings. The quantitative estimate of drug-likeness (QED) is 0.854. The molecule has 3 rings (SSSR count). The summed E-state index contributed by atoms with van der Waals surface area (Å²) in [7, 11) is 0. The molecule has 1 atom stereocenters. The van der Waals surface area contributed by atoms with Crippen LogP contribution >= 0.6 is 0 Å².